The SMILES string of the molecule is COc1cc(N2C[C@H](CNC(C)=O)OC2=O)ccc1I. The largest absolute Gasteiger partial charge is 0.496 e. The zero-order valence-electron chi connectivity index (χ0n) is 11.2. The molecule has 1 aromatic rings. The highest BCUT2D eigenvalue weighted by Gasteiger charge is 2.32. The van der Waals surface area contributed by atoms with Gasteiger partial charge < -0.3 is 14.8 Å². The minimum absolute atomic E-state index is 0.143. The smallest absolute Gasteiger partial charge is 0.414 e. The maximum absolute atomic E-state index is 11.9. The van der Waals surface area contributed by atoms with E-state index in [4.69, 9.17) is 9.47 Å². The number of methoxy groups -OCH3 is 1. The number of carbonyl (C=O) groups excluding carboxylic acids is 2. The van der Waals surface area contributed by atoms with Crippen LogP contribution in [-0.4, -0.2) is 38.3 Å². The molecule has 0 aromatic heterocycles. The summed E-state index contributed by atoms with van der Waals surface area (Å²) >= 11 is 2.16. The number of benzene rings is 1. The van der Waals surface area contributed by atoms with Gasteiger partial charge >= 0.3 is 6.09 Å². The van der Waals surface area contributed by atoms with E-state index in [9.17, 15) is 9.59 Å². The Kier molecular flexibility index (Phi) is 4.69. The van der Waals surface area contributed by atoms with Gasteiger partial charge in [0.1, 0.15) is 11.9 Å². The normalized spacial score (nSPS) is 17.9. The summed E-state index contributed by atoms with van der Waals surface area (Å²) in [6.45, 7) is 2.15. The van der Waals surface area contributed by atoms with Gasteiger partial charge in [-0.25, -0.2) is 4.79 Å². The van der Waals surface area contributed by atoms with E-state index >= 15 is 0 Å². The van der Waals surface area contributed by atoms with Crippen LogP contribution < -0.4 is 15.0 Å². The average molecular weight is 390 g/mol. The molecule has 0 aliphatic carbocycles. The number of rotatable bonds is 4. The molecule has 1 aliphatic rings. The standard InChI is InChI=1S/C13H15IN2O4/c1-8(17)15-6-10-7-16(13(18)20-10)9-3-4-11(14)12(5-9)19-2/h3-5,10H,6-7H2,1-2H3,(H,15,17)/t10-/m0/s1. The number of nitrogens with zero attached hydrogens (tertiary/aromatic N) is 1. The van der Waals surface area contributed by atoms with Gasteiger partial charge in [-0.05, 0) is 34.7 Å². The molecule has 1 N–H and O–H groups in total. The molecule has 0 bridgehead atoms. The molecule has 20 heavy (non-hydrogen) atoms. The van der Waals surface area contributed by atoms with Gasteiger partial charge in [-0.1, -0.05) is 0 Å². The molecule has 0 radical (unpaired) electrons. The van der Waals surface area contributed by atoms with Crippen molar-refractivity contribution in [2.75, 3.05) is 25.1 Å². The lowest BCUT2D eigenvalue weighted by atomic mass is 10.2. The van der Waals surface area contributed by atoms with Crippen LogP contribution in [0.4, 0.5) is 10.5 Å². The van der Waals surface area contributed by atoms with E-state index in [1.54, 1.807) is 13.2 Å². The lowest BCUT2D eigenvalue weighted by molar-refractivity contribution is -0.119. The maximum atomic E-state index is 11.9. The van der Waals surface area contributed by atoms with Crippen LogP contribution in [0.15, 0.2) is 18.2 Å². The first-order valence-electron chi connectivity index (χ1n) is 6.07. The summed E-state index contributed by atoms with van der Waals surface area (Å²) in [5.41, 5.74) is 0.720. The summed E-state index contributed by atoms with van der Waals surface area (Å²) in [7, 11) is 1.59. The van der Waals surface area contributed by atoms with Crippen LogP contribution in [0.2, 0.25) is 0 Å². The number of hydrogen-bond acceptors (Lipinski definition) is 4. The number of nitrogens with one attached hydrogen (secondary N) is 1. The van der Waals surface area contributed by atoms with Crippen molar-refractivity contribution in [2.45, 2.75) is 13.0 Å². The van der Waals surface area contributed by atoms with Crippen molar-refractivity contribution >= 4 is 40.3 Å². The summed E-state index contributed by atoms with van der Waals surface area (Å²) in [4.78, 5) is 24.3. The molecule has 1 fully saturated rings. The molecule has 0 saturated carbocycles. The van der Waals surface area contributed by atoms with E-state index in [2.05, 4.69) is 27.9 Å². The second-order valence-electron chi connectivity index (χ2n) is 4.37. The summed E-state index contributed by atoms with van der Waals surface area (Å²) in [6, 6.07) is 5.51. The number of carbonyl (C=O) groups is 2. The Bertz CT molecular complexity index is 535. The highest BCUT2D eigenvalue weighted by atomic mass is 127. The minimum atomic E-state index is -0.413. The molecule has 7 heteroatoms. The molecule has 1 atom stereocenters. The summed E-state index contributed by atoms with van der Waals surface area (Å²) in [5, 5.41) is 2.64. The number of cyclic esters (lactones) is 1. The minimum Gasteiger partial charge on any atom is -0.496 e. The molecule has 2 rings (SSSR count). The van der Waals surface area contributed by atoms with E-state index in [0.29, 0.717) is 18.8 Å². The topological polar surface area (TPSA) is 67.9 Å². The third-order valence-corrected chi connectivity index (χ3v) is 3.79. The van der Waals surface area contributed by atoms with Crippen molar-refractivity contribution < 1.29 is 19.1 Å². The van der Waals surface area contributed by atoms with E-state index in [-0.39, 0.29) is 12.0 Å². The first kappa shape index (κ1) is 14.9. The van der Waals surface area contributed by atoms with E-state index in [0.717, 1.165) is 9.26 Å². The van der Waals surface area contributed by atoms with Gasteiger partial charge in [0.25, 0.3) is 0 Å². The van der Waals surface area contributed by atoms with Crippen LogP contribution in [0.5, 0.6) is 5.75 Å². The molecule has 108 valence electrons. The molecule has 6 nitrogen and oxygen atoms in total. The first-order chi connectivity index (χ1) is 9.51. The Morgan fingerprint density at radius 1 is 1.60 bits per heavy atom. The van der Waals surface area contributed by atoms with Crippen LogP contribution in [0.3, 0.4) is 0 Å². The molecule has 1 saturated heterocycles. The number of halogens is 1. The molecule has 1 aromatic carbocycles. The van der Waals surface area contributed by atoms with Gasteiger partial charge in [-0.2, -0.15) is 0 Å². The van der Waals surface area contributed by atoms with Crippen LogP contribution in [0.25, 0.3) is 0 Å². The highest BCUT2D eigenvalue weighted by molar-refractivity contribution is 14.1. The number of ether oxygens (including phenoxy) is 2. The Morgan fingerprint density at radius 3 is 3.00 bits per heavy atom. The Hall–Kier alpha value is -1.51. The Balaban J connectivity index is 2.09. The number of amides is 2. The predicted molar refractivity (Wildman–Crippen MR) is 82.0 cm³/mol. The van der Waals surface area contributed by atoms with E-state index in [1.807, 2.05) is 12.1 Å². The molecule has 0 unspecified atom stereocenters. The summed E-state index contributed by atoms with van der Waals surface area (Å²) in [6.07, 6.45) is -0.750. The van der Waals surface area contributed by atoms with Crippen molar-refractivity contribution in [3.8, 4) is 5.75 Å². The third-order valence-electron chi connectivity index (χ3n) is 2.90. The monoisotopic (exact) mass is 390 g/mol. The zero-order chi connectivity index (χ0) is 14.7. The van der Waals surface area contributed by atoms with Gasteiger partial charge in [-0.3, -0.25) is 9.69 Å². The average Bonchev–Trinajstić information content (AvgIpc) is 2.78. The second kappa shape index (κ2) is 6.29. The molecule has 1 heterocycles. The lowest BCUT2D eigenvalue weighted by Crippen LogP contribution is -2.33. The van der Waals surface area contributed by atoms with E-state index < -0.39 is 6.09 Å². The van der Waals surface area contributed by atoms with Crippen LogP contribution >= 0.6 is 22.6 Å². The van der Waals surface area contributed by atoms with Crippen molar-refractivity contribution in [1.29, 1.82) is 0 Å². The first-order valence-corrected chi connectivity index (χ1v) is 7.15. The molecule has 2 amide bonds. The van der Waals surface area contributed by atoms with Crippen molar-refractivity contribution in [3.05, 3.63) is 21.8 Å². The van der Waals surface area contributed by atoms with Gasteiger partial charge in [0.15, 0.2) is 0 Å². The van der Waals surface area contributed by atoms with Gasteiger partial charge in [-0.15, -0.1) is 0 Å². The van der Waals surface area contributed by atoms with Crippen molar-refractivity contribution in [2.24, 2.45) is 0 Å². The molecular weight excluding hydrogens is 375 g/mol. The Labute approximate surface area is 130 Å². The second-order valence-corrected chi connectivity index (χ2v) is 5.53. The lowest BCUT2D eigenvalue weighted by Gasteiger charge is -2.14. The fraction of sp³-hybridized carbons (Fsp3) is 0.385. The van der Waals surface area contributed by atoms with Crippen LogP contribution in [-0.2, 0) is 9.53 Å². The summed E-state index contributed by atoms with van der Waals surface area (Å²) in [5.74, 6) is 0.566. The fourth-order valence-electron chi connectivity index (χ4n) is 1.91. The zero-order valence-corrected chi connectivity index (χ0v) is 13.3. The van der Waals surface area contributed by atoms with Gasteiger partial charge in [0.2, 0.25) is 5.91 Å². The Morgan fingerprint density at radius 2 is 2.35 bits per heavy atom. The molecule has 0 spiro atoms. The van der Waals surface area contributed by atoms with Crippen molar-refractivity contribution in [3.63, 3.8) is 0 Å². The van der Waals surface area contributed by atoms with Gasteiger partial charge in [0, 0.05) is 13.0 Å². The quantitative estimate of drug-likeness (QED) is 0.796. The number of anilines is 1. The van der Waals surface area contributed by atoms with Crippen molar-refractivity contribution in [1.82, 2.24) is 5.32 Å². The predicted octanol–water partition coefficient (Wildman–Crippen LogP) is 1.76. The van der Waals surface area contributed by atoms with Gasteiger partial charge in [0.05, 0.1) is 29.5 Å². The highest BCUT2D eigenvalue weighted by Crippen LogP contribution is 2.29. The molecular formula is C13H15IN2O4. The molecule has 1 aliphatic heterocycles. The van der Waals surface area contributed by atoms with Crippen LogP contribution in [0.1, 0.15) is 6.92 Å². The third kappa shape index (κ3) is 3.33. The van der Waals surface area contributed by atoms with E-state index in [1.165, 1.54) is 11.8 Å². The maximum Gasteiger partial charge on any atom is 0.414 e. The summed E-state index contributed by atoms with van der Waals surface area (Å²) < 4.78 is 11.4. The number of hydrogen-bond donors (Lipinski definition) is 1. The fourth-order valence-corrected chi connectivity index (χ4v) is 2.47. The van der Waals surface area contributed by atoms with Crippen LogP contribution in [0, 0.1) is 3.57 Å².